The third-order valence-electron chi connectivity index (χ3n) is 3.34. The van der Waals surface area contributed by atoms with Crippen LogP contribution in [0.1, 0.15) is 0 Å². The van der Waals surface area contributed by atoms with Gasteiger partial charge in [-0.3, -0.25) is 0 Å². The summed E-state index contributed by atoms with van der Waals surface area (Å²) in [6.07, 6.45) is 0. The van der Waals surface area contributed by atoms with E-state index in [0.717, 1.165) is 33.9 Å². The molecule has 0 amide bonds. The van der Waals surface area contributed by atoms with E-state index in [-0.39, 0.29) is 0 Å². The lowest BCUT2D eigenvalue weighted by molar-refractivity contribution is 0.397. The van der Waals surface area contributed by atoms with Crippen LogP contribution in [0.25, 0.3) is 22.4 Å². The van der Waals surface area contributed by atoms with Crippen molar-refractivity contribution in [2.45, 2.75) is 0 Å². The van der Waals surface area contributed by atoms with E-state index in [1.165, 1.54) is 0 Å². The standard InChI is InChI=1S/C16H16N2O3/c1-19-11-6-4-10(5-7-11)16-17-13-8-12(20-2)9-14(21-3)15(13)18-16/h4-9H,1-3H3,(H,17,18). The van der Waals surface area contributed by atoms with Gasteiger partial charge >= 0.3 is 0 Å². The van der Waals surface area contributed by atoms with Crippen molar-refractivity contribution < 1.29 is 14.2 Å². The van der Waals surface area contributed by atoms with Crippen LogP contribution < -0.4 is 14.2 Å². The minimum Gasteiger partial charge on any atom is -0.497 e. The van der Waals surface area contributed by atoms with Crippen molar-refractivity contribution in [1.29, 1.82) is 0 Å². The van der Waals surface area contributed by atoms with Gasteiger partial charge in [0, 0.05) is 17.7 Å². The monoisotopic (exact) mass is 284 g/mol. The average molecular weight is 284 g/mol. The maximum Gasteiger partial charge on any atom is 0.150 e. The molecule has 0 spiro atoms. The number of H-pyrrole nitrogens is 1. The molecule has 0 aliphatic heterocycles. The van der Waals surface area contributed by atoms with Crippen LogP contribution in [0, 0.1) is 0 Å². The minimum atomic E-state index is 0.681. The average Bonchev–Trinajstić information content (AvgIpc) is 2.97. The van der Waals surface area contributed by atoms with E-state index in [1.807, 2.05) is 36.4 Å². The molecule has 0 unspecified atom stereocenters. The summed E-state index contributed by atoms with van der Waals surface area (Å²) in [5.74, 6) is 3.00. The van der Waals surface area contributed by atoms with Gasteiger partial charge in [-0.25, -0.2) is 4.98 Å². The molecule has 5 heteroatoms. The van der Waals surface area contributed by atoms with Gasteiger partial charge < -0.3 is 19.2 Å². The Kier molecular flexibility index (Phi) is 3.39. The van der Waals surface area contributed by atoms with Crippen molar-refractivity contribution in [3.63, 3.8) is 0 Å². The maximum atomic E-state index is 5.37. The summed E-state index contributed by atoms with van der Waals surface area (Å²) in [4.78, 5) is 7.89. The summed E-state index contributed by atoms with van der Waals surface area (Å²) in [6.45, 7) is 0. The molecule has 3 rings (SSSR count). The number of rotatable bonds is 4. The molecule has 0 saturated heterocycles. The second kappa shape index (κ2) is 5.36. The van der Waals surface area contributed by atoms with Crippen LogP contribution in [0.4, 0.5) is 0 Å². The van der Waals surface area contributed by atoms with E-state index in [4.69, 9.17) is 14.2 Å². The predicted molar refractivity (Wildman–Crippen MR) is 81.2 cm³/mol. The number of ether oxygens (including phenoxy) is 3. The second-order valence-electron chi connectivity index (χ2n) is 4.54. The van der Waals surface area contributed by atoms with Gasteiger partial charge in [0.1, 0.15) is 28.6 Å². The van der Waals surface area contributed by atoms with Crippen molar-refractivity contribution in [2.24, 2.45) is 0 Å². The summed E-state index contributed by atoms with van der Waals surface area (Å²) in [7, 11) is 4.89. The number of benzene rings is 2. The van der Waals surface area contributed by atoms with Crippen LogP contribution in [-0.4, -0.2) is 31.3 Å². The Morgan fingerprint density at radius 1 is 0.857 bits per heavy atom. The smallest absolute Gasteiger partial charge is 0.150 e. The molecule has 0 aliphatic rings. The SMILES string of the molecule is COc1ccc(-c2nc3c(OC)cc(OC)cc3[nH]2)cc1. The van der Waals surface area contributed by atoms with Crippen LogP contribution in [0.3, 0.4) is 0 Å². The van der Waals surface area contributed by atoms with Crippen molar-refractivity contribution in [3.8, 4) is 28.6 Å². The number of nitrogens with zero attached hydrogens (tertiary/aromatic N) is 1. The maximum absolute atomic E-state index is 5.37. The van der Waals surface area contributed by atoms with Gasteiger partial charge in [0.25, 0.3) is 0 Å². The topological polar surface area (TPSA) is 56.4 Å². The number of aromatic nitrogens is 2. The van der Waals surface area contributed by atoms with E-state index >= 15 is 0 Å². The van der Waals surface area contributed by atoms with Crippen LogP contribution in [0.15, 0.2) is 36.4 Å². The number of imidazole rings is 1. The highest BCUT2D eigenvalue weighted by Gasteiger charge is 2.12. The Balaban J connectivity index is 2.11. The summed E-state index contributed by atoms with van der Waals surface area (Å²) < 4.78 is 15.8. The normalized spacial score (nSPS) is 10.6. The van der Waals surface area contributed by atoms with Gasteiger partial charge in [-0.05, 0) is 24.3 Å². The van der Waals surface area contributed by atoms with Gasteiger partial charge in [-0.15, -0.1) is 0 Å². The fourth-order valence-electron chi connectivity index (χ4n) is 2.22. The predicted octanol–water partition coefficient (Wildman–Crippen LogP) is 3.26. The minimum absolute atomic E-state index is 0.681. The molecule has 0 bridgehead atoms. The molecule has 5 nitrogen and oxygen atoms in total. The van der Waals surface area contributed by atoms with E-state index in [1.54, 1.807) is 21.3 Å². The van der Waals surface area contributed by atoms with Gasteiger partial charge in [-0.1, -0.05) is 0 Å². The molecule has 3 aromatic rings. The molecule has 0 radical (unpaired) electrons. The van der Waals surface area contributed by atoms with Crippen molar-refractivity contribution in [3.05, 3.63) is 36.4 Å². The fraction of sp³-hybridized carbons (Fsp3) is 0.188. The zero-order chi connectivity index (χ0) is 14.8. The van der Waals surface area contributed by atoms with Gasteiger partial charge in [0.05, 0.1) is 26.8 Å². The Labute approximate surface area is 122 Å². The van der Waals surface area contributed by atoms with E-state index < -0.39 is 0 Å². The van der Waals surface area contributed by atoms with Crippen molar-refractivity contribution >= 4 is 11.0 Å². The number of methoxy groups -OCH3 is 3. The zero-order valence-corrected chi connectivity index (χ0v) is 12.1. The third-order valence-corrected chi connectivity index (χ3v) is 3.34. The largest absolute Gasteiger partial charge is 0.497 e. The Morgan fingerprint density at radius 2 is 1.57 bits per heavy atom. The molecule has 1 N–H and O–H groups in total. The molecule has 0 fully saturated rings. The number of hydrogen-bond donors (Lipinski definition) is 1. The molecule has 0 atom stereocenters. The van der Waals surface area contributed by atoms with Crippen LogP contribution in [0.2, 0.25) is 0 Å². The third kappa shape index (κ3) is 2.38. The Bertz CT molecular complexity index is 763. The van der Waals surface area contributed by atoms with E-state index in [2.05, 4.69) is 9.97 Å². The summed E-state index contributed by atoms with van der Waals surface area (Å²) in [6, 6.07) is 11.4. The van der Waals surface area contributed by atoms with Crippen LogP contribution in [-0.2, 0) is 0 Å². The van der Waals surface area contributed by atoms with Gasteiger partial charge in [0.2, 0.25) is 0 Å². The quantitative estimate of drug-likeness (QED) is 0.799. The van der Waals surface area contributed by atoms with Gasteiger partial charge in [-0.2, -0.15) is 0 Å². The first-order valence-electron chi connectivity index (χ1n) is 6.51. The van der Waals surface area contributed by atoms with Crippen LogP contribution in [0.5, 0.6) is 17.2 Å². The molecular weight excluding hydrogens is 268 g/mol. The molecule has 21 heavy (non-hydrogen) atoms. The first kappa shape index (κ1) is 13.3. The Morgan fingerprint density at radius 3 is 2.19 bits per heavy atom. The molecule has 2 aromatic carbocycles. The Hall–Kier alpha value is -2.69. The summed E-state index contributed by atoms with van der Waals surface area (Å²) in [5.41, 5.74) is 2.63. The highest BCUT2D eigenvalue weighted by Crippen LogP contribution is 2.32. The number of aromatic amines is 1. The van der Waals surface area contributed by atoms with Crippen LogP contribution >= 0.6 is 0 Å². The van der Waals surface area contributed by atoms with Crippen molar-refractivity contribution in [1.82, 2.24) is 9.97 Å². The van der Waals surface area contributed by atoms with Crippen molar-refractivity contribution in [2.75, 3.05) is 21.3 Å². The van der Waals surface area contributed by atoms with E-state index in [9.17, 15) is 0 Å². The highest BCUT2D eigenvalue weighted by molar-refractivity contribution is 5.86. The fourth-order valence-corrected chi connectivity index (χ4v) is 2.22. The molecular formula is C16H16N2O3. The molecule has 1 aromatic heterocycles. The molecule has 0 saturated carbocycles. The number of hydrogen-bond acceptors (Lipinski definition) is 4. The molecule has 108 valence electrons. The lowest BCUT2D eigenvalue weighted by atomic mass is 10.2. The lowest BCUT2D eigenvalue weighted by Crippen LogP contribution is -1.88. The van der Waals surface area contributed by atoms with Gasteiger partial charge in [0.15, 0.2) is 0 Å². The lowest BCUT2D eigenvalue weighted by Gasteiger charge is -2.03. The number of fused-ring (bicyclic) bond motifs is 1. The first-order valence-corrected chi connectivity index (χ1v) is 6.51. The summed E-state index contributed by atoms with van der Waals surface area (Å²) >= 11 is 0. The molecule has 1 heterocycles. The number of nitrogens with one attached hydrogen (secondary N) is 1. The zero-order valence-electron chi connectivity index (χ0n) is 12.1. The van der Waals surface area contributed by atoms with E-state index in [0.29, 0.717) is 5.75 Å². The molecule has 0 aliphatic carbocycles. The second-order valence-corrected chi connectivity index (χ2v) is 4.54. The first-order chi connectivity index (χ1) is 10.2. The highest BCUT2D eigenvalue weighted by atomic mass is 16.5. The summed E-state index contributed by atoms with van der Waals surface area (Å²) in [5, 5.41) is 0.